The zero-order chi connectivity index (χ0) is 27.5. The highest BCUT2D eigenvalue weighted by atomic mass is 32.1. The van der Waals surface area contributed by atoms with E-state index in [4.69, 9.17) is 19.2 Å². The summed E-state index contributed by atoms with van der Waals surface area (Å²) in [5.74, 6) is 0.0546. The third-order valence-corrected chi connectivity index (χ3v) is 7.43. The molecule has 8 heteroatoms. The Balaban J connectivity index is 1.72. The predicted molar refractivity (Wildman–Crippen MR) is 153 cm³/mol. The first-order chi connectivity index (χ1) is 18.9. The van der Waals surface area contributed by atoms with Crippen LogP contribution in [0.3, 0.4) is 0 Å². The first-order valence-electron chi connectivity index (χ1n) is 12.8. The van der Waals surface area contributed by atoms with Crippen LogP contribution in [0.15, 0.2) is 87.8 Å². The molecule has 4 aromatic rings. The van der Waals surface area contributed by atoms with Crippen molar-refractivity contribution in [3.05, 3.63) is 109 Å². The minimum absolute atomic E-state index is 0.0917. The summed E-state index contributed by atoms with van der Waals surface area (Å²) in [4.78, 5) is 32.7. The van der Waals surface area contributed by atoms with E-state index in [0.29, 0.717) is 31.9 Å². The maximum absolute atomic E-state index is 14.1. The van der Waals surface area contributed by atoms with Gasteiger partial charge in [-0.3, -0.25) is 9.36 Å². The largest absolute Gasteiger partial charge is 0.491 e. The lowest BCUT2D eigenvalue weighted by Gasteiger charge is -2.27. The minimum atomic E-state index is -0.763. The smallest absolute Gasteiger partial charge is 0.338 e. The van der Waals surface area contributed by atoms with Crippen molar-refractivity contribution >= 4 is 34.2 Å². The molecule has 0 fully saturated rings. The number of esters is 1. The molecule has 0 aliphatic carbocycles. The lowest BCUT2D eigenvalue weighted by Crippen LogP contribution is -2.40. The normalized spacial score (nSPS) is 15.4. The molecule has 0 saturated heterocycles. The molecule has 1 aromatic heterocycles. The summed E-state index contributed by atoms with van der Waals surface area (Å²) in [6.45, 7) is 6.00. The van der Waals surface area contributed by atoms with Crippen molar-refractivity contribution in [3.63, 3.8) is 0 Å². The first kappa shape index (κ1) is 26.6. The number of hydrogen-bond acceptors (Lipinski definition) is 7. The van der Waals surface area contributed by atoms with Gasteiger partial charge in [-0.15, -0.1) is 0 Å². The standard InChI is InChI=1S/C31H30N2O5S/c1-19(2)38-25-15-8-7-14-24(25)28-27(30(35)37-17-16-36-4)20(3)32-31-33(28)29(34)26(39-31)18-22-12-9-11-21-10-5-6-13-23(21)22/h5-15,18-19,28H,16-17H2,1-4H3/b26-18+/t28-/m1/s1. The van der Waals surface area contributed by atoms with Crippen molar-refractivity contribution in [2.45, 2.75) is 32.9 Å². The van der Waals surface area contributed by atoms with Crippen LogP contribution in [-0.4, -0.2) is 37.0 Å². The second-order valence-corrected chi connectivity index (χ2v) is 10.5. The second kappa shape index (κ2) is 11.4. The Kier molecular flexibility index (Phi) is 7.77. The topological polar surface area (TPSA) is 79.1 Å². The third kappa shape index (κ3) is 5.30. The van der Waals surface area contributed by atoms with E-state index in [2.05, 4.69) is 0 Å². The number of fused-ring (bicyclic) bond motifs is 2. The van der Waals surface area contributed by atoms with Gasteiger partial charge >= 0.3 is 5.97 Å². The highest BCUT2D eigenvalue weighted by molar-refractivity contribution is 7.07. The monoisotopic (exact) mass is 542 g/mol. The van der Waals surface area contributed by atoms with E-state index in [1.807, 2.05) is 86.7 Å². The van der Waals surface area contributed by atoms with Crippen LogP contribution in [0.2, 0.25) is 0 Å². The lowest BCUT2D eigenvalue weighted by molar-refractivity contribution is -0.140. The van der Waals surface area contributed by atoms with Gasteiger partial charge in [0.25, 0.3) is 5.56 Å². The quantitative estimate of drug-likeness (QED) is 0.244. The fourth-order valence-electron chi connectivity index (χ4n) is 4.76. The Morgan fingerprint density at radius 3 is 2.59 bits per heavy atom. The molecule has 0 N–H and O–H groups in total. The Morgan fingerprint density at radius 2 is 1.79 bits per heavy atom. The number of nitrogens with zero attached hydrogens (tertiary/aromatic N) is 2. The summed E-state index contributed by atoms with van der Waals surface area (Å²) in [5.41, 5.74) is 2.20. The van der Waals surface area contributed by atoms with Gasteiger partial charge in [-0.05, 0) is 49.2 Å². The summed E-state index contributed by atoms with van der Waals surface area (Å²) in [7, 11) is 1.54. The molecule has 1 atom stereocenters. The molecule has 0 radical (unpaired) electrons. The van der Waals surface area contributed by atoms with Crippen LogP contribution >= 0.6 is 11.3 Å². The van der Waals surface area contributed by atoms with Crippen molar-refractivity contribution in [2.75, 3.05) is 20.3 Å². The SMILES string of the molecule is COCCOC(=O)C1=C(C)N=c2s/c(=C/c3cccc4ccccc34)c(=O)n2[C@@H]1c1ccccc1OC(C)C. The number of methoxy groups -OCH3 is 1. The van der Waals surface area contributed by atoms with Crippen LogP contribution in [0.25, 0.3) is 16.8 Å². The van der Waals surface area contributed by atoms with Gasteiger partial charge in [0.15, 0.2) is 4.80 Å². The van der Waals surface area contributed by atoms with Crippen LogP contribution in [0.1, 0.15) is 37.9 Å². The molecular formula is C31H30N2O5S. The van der Waals surface area contributed by atoms with Crippen LogP contribution in [0.4, 0.5) is 0 Å². The number of hydrogen-bond donors (Lipinski definition) is 0. The first-order valence-corrected chi connectivity index (χ1v) is 13.6. The van der Waals surface area contributed by atoms with Crippen molar-refractivity contribution < 1.29 is 19.0 Å². The number of carbonyl (C=O) groups is 1. The van der Waals surface area contributed by atoms with E-state index in [-0.39, 0.29) is 24.9 Å². The summed E-state index contributed by atoms with van der Waals surface area (Å²) in [5, 5.41) is 2.14. The number of ether oxygens (including phenoxy) is 3. The molecule has 1 aliphatic heterocycles. The molecule has 200 valence electrons. The Labute approximate surface area is 230 Å². The molecule has 3 aromatic carbocycles. The fraction of sp³-hybridized carbons (Fsp3) is 0.258. The van der Waals surface area contributed by atoms with E-state index in [1.165, 1.54) is 11.3 Å². The molecule has 0 amide bonds. The zero-order valence-electron chi connectivity index (χ0n) is 22.3. The van der Waals surface area contributed by atoms with Gasteiger partial charge in [0, 0.05) is 12.7 Å². The van der Waals surface area contributed by atoms with Crippen molar-refractivity contribution in [2.24, 2.45) is 4.99 Å². The second-order valence-electron chi connectivity index (χ2n) is 9.48. The molecule has 0 saturated carbocycles. The van der Waals surface area contributed by atoms with Crippen LogP contribution in [0, 0.1) is 0 Å². The Hall–Kier alpha value is -4.01. The van der Waals surface area contributed by atoms with Gasteiger partial charge < -0.3 is 14.2 Å². The van der Waals surface area contributed by atoms with Crippen LogP contribution < -0.4 is 19.6 Å². The lowest BCUT2D eigenvalue weighted by atomic mass is 9.95. The number of allylic oxidation sites excluding steroid dienone is 1. The number of rotatable bonds is 8. The molecule has 2 heterocycles. The van der Waals surface area contributed by atoms with Crippen LogP contribution in [-0.2, 0) is 14.3 Å². The molecule has 0 spiro atoms. The van der Waals surface area contributed by atoms with Crippen molar-refractivity contribution in [1.82, 2.24) is 4.57 Å². The highest BCUT2D eigenvalue weighted by Crippen LogP contribution is 2.36. The molecule has 0 bridgehead atoms. The summed E-state index contributed by atoms with van der Waals surface area (Å²) in [6, 6.07) is 20.8. The summed E-state index contributed by atoms with van der Waals surface area (Å²) >= 11 is 1.30. The van der Waals surface area contributed by atoms with Gasteiger partial charge in [-0.1, -0.05) is 72.0 Å². The maximum atomic E-state index is 14.1. The molecule has 39 heavy (non-hydrogen) atoms. The van der Waals surface area contributed by atoms with Gasteiger partial charge in [0.1, 0.15) is 18.4 Å². The predicted octanol–water partition coefficient (Wildman–Crippen LogP) is 4.37. The zero-order valence-corrected chi connectivity index (χ0v) is 23.2. The van der Waals surface area contributed by atoms with E-state index in [9.17, 15) is 9.59 Å². The van der Waals surface area contributed by atoms with E-state index >= 15 is 0 Å². The Morgan fingerprint density at radius 1 is 1.05 bits per heavy atom. The molecule has 1 aliphatic rings. The third-order valence-electron chi connectivity index (χ3n) is 6.45. The molecule has 5 rings (SSSR count). The summed E-state index contributed by atoms with van der Waals surface area (Å²) < 4.78 is 18.8. The molecular weight excluding hydrogens is 512 g/mol. The number of thiazole rings is 1. The number of carbonyl (C=O) groups excluding carboxylic acids is 1. The average Bonchev–Trinajstić information content (AvgIpc) is 3.22. The average molecular weight is 543 g/mol. The Bertz CT molecular complexity index is 1740. The highest BCUT2D eigenvalue weighted by Gasteiger charge is 2.35. The van der Waals surface area contributed by atoms with E-state index < -0.39 is 12.0 Å². The molecule has 7 nitrogen and oxygen atoms in total. The van der Waals surface area contributed by atoms with E-state index in [0.717, 1.165) is 16.3 Å². The van der Waals surface area contributed by atoms with Gasteiger partial charge in [0.2, 0.25) is 0 Å². The van der Waals surface area contributed by atoms with Crippen molar-refractivity contribution in [1.29, 1.82) is 0 Å². The maximum Gasteiger partial charge on any atom is 0.338 e. The van der Waals surface area contributed by atoms with Gasteiger partial charge in [-0.2, -0.15) is 0 Å². The van der Waals surface area contributed by atoms with Crippen molar-refractivity contribution in [3.8, 4) is 5.75 Å². The van der Waals surface area contributed by atoms with Crippen LogP contribution in [0.5, 0.6) is 5.75 Å². The number of benzene rings is 3. The number of aromatic nitrogens is 1. The fourth-order valence-corrected chi connectivity index (χ4v) is 5.80. The number of para-hydroxylation sites is 1. The van der Waals surface area contributed by atoms with Gasteiger partial charge in [-0.25, -0.2) is 9.79 Å². The minimum Gasteiger partial charge on any atom is -0.491 e. The van der Waals surface area contributed by atoms with E-state index in [1.54, 1.807) is 18.6 Å². The molecule has 0 unspecified atom stereocenters. The van der Waals surface area contributed by atoms with Gasteiger partial charge in [0.05, 0.1) is 28.5 Å². The summed E-state index contributed by atoms with van der Waals surface area (Å²) in [6.07, 6.45) is 1.80.